The largest absolute Gasteiger partial charge is 0.497 e. The zero-order valence-corrected chi connectivity index (χ0v) is 17.4. The first kappa shape index (κ1) is 23.4. The lowest BCUT2D eigenvalue weighted by atomic mass is 10.2. The molecule has 0 aromatic heterocycles. The van der Waals surface area contributed by atoms with E-state index in [1.165, 1.54) is 13.2 Å². The minimum atomic E-state index is -2.89. The lowest BCUT2D eigenvalue weighted by Crippen LogP contribution is -2.37. The third-order valence-electron chi connectivity index (χ3n) is 4.27. The number of ether oxygens (including phenoxy) is 3. The van der Waals surface area contributed by atoms with Gasteiger partial charge >= 0.3 is 6.61 Å². The number of methoxy groups -OCH3 is 1. The van der Waals surface area contributed by atoms with Gasteiger partial charge in [0.1, 0.15) is 11.5 Å². The van der Waals surface area contributed by atoms with Crippen LogP contribution in [0.25, 0.3) is 0 Å². The molecule has 0 saturated carbocycles. The van der Waals surface area contributed by atoms with E-state index in [1.807, 2.05) is 30.3 Å². The quantitative estimate of drug-likeness (QED) is 0.309. The standard InChI is InChI=1S/C22H29F2N3O3/c1-25-22(26-12-6-7-13-29-16-17-8-4-3-5-9-17)27-15-18-14-19(28-2)10-11-20(18)30-21(23)24/h3-5,8-11,14,21H,6-7,12-13,15-16H2,1-2H3,(H2,25,26,27). The highest BCUT2D eigenvalue weighted by molar-refractivity contribution is 5.79. The van der Waals surface area contributed by atoms with Crippen molar-refractivity contribution < 1.29 is 23.0 Å². The first-order chi connectivity index (χ1) is 14.6. The van der Waals surface area contributed by atoms with Crippen LogP contribution in [0.5, 0.6) is 11.5 Å². The van der Waals surface area contributed by atoms with Crippen LogP contribution in [-0.4, -0.2) is 39.9 Å². The second kappa shape index (κ2) is 13.4. The van der Waals surface area contributed by atoms with Crippen molar-refractivity contribution >= 4 is 5.96 Å². The molecule has 2 N–H and O–H groups in total. The Morgan fingerprint density at radius 2 is 1.87 bits per heavy atom. The van der Waals surface area contributed by atoms with Crippen LogP contribution in [-0.2, 0) is 17.9 Å². The molecule has 30 heavy (non-hydrogen) atoms. The first-order valence-corrected chi connectivity index (χ1v) is 9.80. The SMILES string of the molecule is CN=C(NCCCCOCc1ccccc1)NCc1cc(OC)ccc1OC(F)F. The fourth-order valence-corrected chi connectivity index (χ4v) is 2.73. The molecule has 0 radical (unpaired) electrons. The van der Waals surface area contributed by atoms with Crippen LogP contribution in [0.15, 0.2) is 53.5 Å². The maximum atomic E-state index is 12.6. The number of nitrogens with one attached hydrogen (secondary N) is 2. The fourth-order valence-electron chi connectivity index (χ4n) is 2.73. The topological polar surface area (TPSA) is 64.1 Å². The Balaban J connectivity index is 1.69. The average Bonchev–Trinajstić information content (AvgIpc) is 2.76. The van der Waals surface area contributed by atoms with E-state index >= 15 is 0 Å². The zero-order chi connectivity index (χ0) is 21.6. The third kappa shape index (κ3) is 8.65. The van der Waals surface area contributed by atoms with Crippen molar-refractivity contribution in [2.75, 3.05) is 27.3 Å². The van der Waals surface area contributed by atoms with Crippen LogP contribution >= 0.6 is 0 Å². The highest BCUT2D eigenvalue weighted by Gasteiger charge is 2.11. The number of rotatable bonds is 12. The summed E-state index contributed by atoms with van der Waals surface area (Å²) in [5.41, 5.74) is 1.71. The van der Waals surface area contributed by atoms with Crippen molar-refractivity contribution in [3.63, 3.8) is 0 Å². The van der Waals surface area contributed by atoms with E-state index in [9.17, 15) is 8.78 Å². The van der Waals surface area contributed by atoms with Crippen molar-refractivity contribution in [2.45, 2.75) is 32.6 Å². The Bertz CT molecular complexity index is 773. The summed E-state index contributed by atoms with van der Waals surface area (Å²) >= 11 is 0. The normalized spacial score (nSPS) is 11.4. The molecule has 6 nitrogen and oxygen atoms in total. The van der Waals surface area contributed by atoms with Crippen molar-refractivity contribution in [2.24, 2.45) is 4.99 Å². The molecule has 0 unspecified atom stereocenters. The molecule has 0 bridgehead atoms. The molecule has 2 aromatic carbocycles. The van der Waals surface area contributed by atoms with Crippen LogP contribution in [0, 0.1) is 0 Å². The fraction of sp³-hybridized carbons (Fsp3) is 0.409. The van der Waals surface area contributed by atoms with Gasteiger partial charge in [0.05, 0.1) is 13.7 Å². The van der Waals surface area contributed by atoms with Gasteiger partial charge in [-0.2, -0.15) is 8.78 Å². The van der Waals surface area contributed by atoms with E-state index in [0.29, 0.717) is 37.0 Å². The van der Waals surface area contributed by atoms with Gasteiger partial charge in [0.2, 0.25) is 0 Å². The van der Waals surface area contributed by atoms with E-state index < -0.39 is 6.61 Å². The lowest BCUT2D eigenvalue weighted by Gasteiger charge is -2.15. The smallest absolute Gasteiger partial charge is 0.387 e. The Labute approximate surface area is 176 Å². The number of hydrogen-bond donors (Lipinski definition) is 2. The van der Waals surface area contributed by atoms with Crippen LogP contribution < -0.4 is 20.1 Å². The number of nitrogens with zero attached hydrogens (tertiary/aromatic N) is 1. The van der Waals surface area contributed by atoms with Crippen molar-refractivity contribution in [1.29, 1.82) is 0 Å². The predicted molar refractivity (Wildman–Crippen MR) is 113 cm³/mol. The first-order valence-electron chi connectivity index (χ1n) is 9.80. The second-order valence-electron chi connectivity index (χ2n) is 6.45. The Morgan fingerprint density at radius 3 is 2.57 bits per heavy atom. The van der Waals surface area contributed by atoms with E-state index in [4.69, 9.17) is 9.47 Å². The third-order valence-corrected chi connectivity index (χ3v) is 4.27. The summed E-state index contributed by atoms with van der Waals surface area (Å²) < 4.78 is 40.6. The van der Waals surface area contributed by atoms with Gasteiger partial charge in [-0.3, -0.25) is 4.99 Å². The molecule has 0 saturated heterocycles. The summed E-state index contributed by atoms with van der Waals surface area (Å²) in [7, 11) is 3.17. The molecule has 0 amide bonds. The van der Waals surface area contributed by atoms with Gasteiger partial charge in [0.25, 0.3) is 0 Å². The minimum absolute atomic E-state index is 0.101. The predicted octanol–water partition coefficient (Wildman–Crippen LogP) is 3.96. The van der Waals surface area contributed by atoms with E-state index in [0.717, 1.165) is 18.4 Å². The summed E-state index contributed by atoms with van der Waals surface area (Å²) in [6.45, 7) is -0.618. The molecule has 0 aliphatic heterocycles. The van der Waals surface area contributed by atoms with Gasteiger partial charge in [-0.25, -0.2) is 0 Å². The van der Waals surface area contributed by atoms with E-state index in [-0.39, 0.29) is 12.3 Å². The highest BCUT2D eigenvalue weighted by atomic mass is 19.3. The summed E-state index contributed by atoms with van der Waals surface area (Å²) in [6, 6.07) is 14.8. The lowest BCUT2D eigenvalue weighted by molar-refractivity contribution is -0.0504. The zero-order valence-electron chi connectivity index (χ0n) is 17.4. The Kier molecular flexibility index (Phi) is 10.4. The molecule has 2 rings (SSSR count). The van der Waals surface area contributed by atoms with Crippen LogP contribution in [0.3, 0.4) is 0 Å². The molecule has 0 aliphatic carbocycles. The summed E-state index contributed by atoms with van der Waals surface area (Å²) in [5.74, 6) is 1.24. The molecular formula is C22H29F2N3O3. The van der Waals surface area contributed by atoms with Crippen LogP contribution in [0.1, 0.15) is 24.0 Å². The molecule has 0 atom stereocenters. The van der Waals surface area contributed by atoms with Crippen molar-refractivity contribution in [1.82, 2.24) is 10.6 Å². The van der Waals surface area contributed by atoms with Gasteiger partial charge in [-0.05, 0) is 36.6 Å². The molecule has 164 valence electrons. The molecular weight excluding hydrogens is 392 g/mol. The molecule has 0 spiro atoms. The maximum absolute atomic E-state index is 12.6. The summed E-state index contributed by atoms with van der Waals surface area (Å²) in [4.78, 5) is 4.15. The summed E-state index contributed by atoms with van der Waals surface area (Å²) in [5, 5.41) is 6.30. The van der Waals surface area contributed by atoms with Gasteiger partial charge in [-0.15, -0.1) is 0 Å². The van der Waals surface area contributed by atoms with Gasteiger partial charge in [-0.1, -0.05) is 30.3 Å². The average molecular weight is 421 g/mol. The second-order valence-corrected chi connectivity index (χ2v) is 6.45. The maximum Gasteiger partial charge on any atom is 0.387 e. The van der Waals surface area contributed by atoms with E-state index in [1.54, 1.807) is 19.2 Å². The summed E-state index contributed by atoms with van der Waals surface area (Å²) in [6.07, 6.45) is 1.83. The van der Waals surface area contributed by atoms with Gasteiger partial charge in [0, 0.05) is 32.3 Å². The van der Waals surface area contributed by atoms with Crippen molar-refractivity contribution in [3.05, 3.63) is 59.7 Å². The van der Waals surface area contributed by atoms with Gasteiger partial charge < -0.3 is 24.8 Å². The molecule has 2 aromatic rings. The highest BCUT2D eigenvalue weighted by Crippen LogP contribution is 2.25. The molecule has 8 heteroatoms. The monoisotopic (exact) mass is 421 g/mol. The number of alkyl halides is 2. The minimum Gasteiger partial charge on any atom is -0.497 e. The Morgan fingerprint density at radius 1 is 1.07 bits per heavy atom. The van der Waals surface area contributed by atoms with Crippen molar-refractivity contribution in [3.8, 4) is 11.5 Å². The molecule has 0 fully saturated rings. The number of unbranched alkanes of at least 4 members (excludes halogenated alkanes) is 1. The number of guanidine groups is 1. The van der Waals surface area contributed by atoms with Crippen LogP contribution in [0.2, 0.25) is 0 Å². The Hall–Kier alpha value is -2.87. The number of aliphatic imine (C=N–C) groups is 1. The molecule has 0 heterocycles. The number of halogens is 2. The molecule has 0 aliphatic rings. The number of benzene rings is 2. The van der Waals surface area contributed by atoms with Crippen LogP contribution in [0.4, 0.5) is 8.78 Å². The van der Waals surface area contributed by atoms with E-state index in [2.05, 4.69) is 20.4 Å². The number of hydrogen-bond acceptors (Lipinski definition) is 4. The van der Waals surface area contributed by atoms with Gasteiger partial charge in [0.15, 0.2) is 5.96 Å².